The highest BCUT2D eigenvalue weighted by molar-refractivity contribution is 5.77. The Labute approximate surface area is 220 Å². The molecule has 3 rings (SSSR count). The molecule has 1 N–H and O–H groups in total. The van der Waals surface area contributed by atoms with Crippen molar-refractivity contribution in [3.8, 4) is 16.9 Å². The number of carbonyl (C=O) groups excluding carboxylic acids is 2. The maximum absolute atomic E-state index is 12.4. The molecule has 2 aromatic carbocycles. The highest BCUT2D eigenvalue weighted by Crippen LogP contribution is 2.23. The van der Waals surface area contributed by atoms with E-state index in [1.54, 1.807) is 0 Å². The Kier molecular flexibility index (Phi) is 11.4. The summed E-state index contributed by atoms with van der Waals surface area (Å²) in [7, 11) is 0. The Bertz CT molecular complexity index is 1180. The molecule has 0 spiro atoms. The first-order valence-corrected chi connectivity index (χ1v) is 13.0. The minimum atomic E-state index is -0.00286. The van der Waals surface area contributed by atoms with Gasteiger partial charge in [-0.15, -0.1) is 0 Å². The number of carbonyl (C=O) groups is 2. The Morgan fingerprint density at radius 2 is 1.70 bits per heavy atom. The number of ether oxygens (including phenoxy) is 1. The van der Waals surface area contributed by atoms with Gasteiger partial charge in [0.05, 0.1) is 12.3 Å². The zero-order valence-electron chi connectivity index (χ0n) is 21.9. The van der Waals surface area contributed by atoms with Crippen LogP contribution in [0.2, 0.25) is 0 Å². The van der Waals surface area contributed by atoms with Crippen molar-refractivity contribution >= 4 is 30.4 Å². The Balaban J connectivity index is 1.63. The topological polar surface area (TPSA) is 73.2 Å². The predicted molar refractivity (Wildman–Crippen MR) is 151 cm³/mol. The largest absolute Gasteiger partial charge is 0.494 e. The van der Waals surface area contributed by atoms with Gasteiger partial charge in [0.15, 0.2) is 0 Å². The van der Waals surface area contributed by atoms with Crippen molar-refractivity contribution < 1.29 is 14.3 Å². The van der Waals surface area contributed by atoms with Gasteiger partial charge in [-0.05, 0) is 60.7 Å². The van der Waals surface area contributed by atoms with Crippen LogP contribution in [0, 0.1) is 0 Å². The van der Waals surface area contributed by atoms with Crippen molar-refractivity contribution in [2.24, 2.45) is 0 Å². The average molecular weight is 500 g/mol. The molecule has 0 fully saturated rings. The molecular weight excluding hydrogens is 462 g/mol. The van der Waals surface area contributed by atoms with Crippen molar-refractivity contribution in [3.63, 3.8) is 0 Å². The van der Waals surface area contributed by atoms with Gasteiger partial charge >= 0.3 is 0 Å². The average Bonchev–Trinajstić information content (AvgIpc) is 3.29. The second kappa shape index (κ2) is 15.2. The summed E-state index contributed by atoms with van der Waals surface area (Å²) >= 11 is 0. The lowest BCUT2D eigenvalue weighted by Gasteiger charge is -2.07. The van der Waals surface area contributed by atoms with Crippen LogP contribution >= 0.6 is 0 Å². The lowest BCUT2D eigenvalue weighted by Crippen LogP contribution is -2.28. The number of nitrogens with one attached hydrogen (secondary N) is 1. The van der Waals surface area contributed by atoms with Crippen LogP contribution in [0.4, 0.5) is 0 Å². The van der Waals surface area contributed by atoms with E-state index in [4.69, 9.17) is 4.74 Å². The van der Waals surface area contributed by atoms with E-state index in [1.807, 2.05) is 66.3 Å². The van der Waals surface area contributed by atoms with Crippen molar-refractivity contribution in [2.75, 3.05) is 13.2 Å². The highest BCUT2D eigenvalue weighted by Gasteiger charge is 2.08. The number of aromatic nitrogens is 2. The van der Waals surface area contributed by atoms with Gasteiger partial charge in [-0.2, -0.15) is 0 Å². The number of nitrogens with zero attached hydrogens (tertiary/aromatic N) is 2. The third-order valence-electron chi connectivity index (χ3n) is 5.84. The predicted octanol–water partition coefficient (Wildman–Crippen LogP) is 6.42. The van der Waals surface area contributed by atoms with Gasteiger partial charge in [0.25, 0.3) is 0 Å². The summed E-state index contributed by atoms with van der Waals surface area (Å²) < 4.78 is 7.55. The molecule has 0 radical (unpaired) electrons. The summed E-state index contributed by atoms with van der Waals surface area (Å²) in [5.74, 6) is 1.54. The summed E-state index contributed by atoms with van der Waals surface area (Å²) in [5, 5.41) is 3.00. The SMILES string of the molecule is C/C=C/c1cn(CC(=O)NCCCCC)c(/C=C/c2ccc(-c3ccc(OCCCC=O)cc3)cc2)n1. The minimum Gasteiger partial charge on any atom is -0.494 e. The number of unbranched alkanes of at least 4 members (excludes halogenated alkanes) is 3. The summed E-state index contributed by atoms with van der Waals surface area (Å²) in [6, 6.07) is 16.3. The number of imidazole rings is 1. The quantitative estimate of drug-likeness (QED) is 0.193. The van der Waals surface area contributed by atoms with E-state index in [-0.39, 0.29) is 12.5 Å². The molecule has 0 saturated carbocycles. The molecule has 1 amide bonds. The molecule has 0 aliphatic rings. The van der Waals surface area contributed by atoms with E-state index in [2.05, 4.69) is 41.5 Å². The van der Waals surface area contributed by atoms with Crippen molar-refractivity contribution in [2.45, 2.75) is 52.5 Å². The van der Waals surface area contributed by atoms with Crippen LogP contribution in [-0.2, 0) is 16.1 Å². The number of amides is 1. The molecule has 194 valence electrons. The fraction of sp³-hybridized carbons (Fsp3) is 0.323. The molecule has 6 nitrogen and oxygen atoms in total. The van der Waals surface area contributed by atoms with Crippen molar-refractivity contribution in [1.82, 2.24) is 14.9 Å². The molecule has 0 unspecified atom stereocenters. The van der Waals surface area contributed by atoms with Crippen LogP contribution in [0.5, 0.6) is 5.75 Å². The number of hydrogen-bond acceptors (Lipinski definition) is 4. The molecule has 0 bridgehead atoms. The number of allylic oxidation sites excluding steroid dienone is 1. The lowest BCUT2D eigenvalue weighted by atomic mass is 10.0. The van der Waals surface area contributed by atoms with Crippen LogP contribution in [0.3, 0.4) is 0 Å². The number of benzene rings is 2. The Morgan fingerprint density at radius 1 is 0.973 bits per heavy atom. The zero-order valence-corrected chi connectivity index (χ0v) is 21.9. The molecule has 1 heterocycles. The van der Waals surface area contributed by atoms with E-state index in [1.165, 1.54) is 0 Å². The van der Waals surface area contributed by atoms with Crippen LogP contribution in [0.15, 0.2) is 60.8 Å². The van der Waals surface area contributed by atoms with E-state index in [0.29, 0.717) is 19.6 Å². The number of hydrogen-bond donors (Lipinski definition) is 1. The Hall–Kier alpha value is -3.93. The van der Waals surface area contributed by atoms with E-state index < -0.39 is 0 Å². The second-order valence-electron chi connectivity index (χ2n) is 8.85. The first kappa shape index (κ1) is 27.7. The minimum absolute atomic E-state index is 0.00286. The molecule has 6 heteroatoms. The van der Waals surface area contributed by atoms with Crippen LogP contribution in [-0.4, -0.2) is 34.9 Å². The molecule has 0 saturated heterocycles. The van der Waals surface area contributed by atoms with E-state index in [0.717, 1.165) is 65.9 Å². The number of rotatable bonds is 15. The molecule has 0 aliphatic carbocycles. The maximum Gasteiger partial charge on any atom is 0.239 e. The van der Waals surface area contributed by atoms with Crippen LogP contribution in [0.1, 0.15) is 63.0 Å². The smallest absolute Gasteiger partial charge is 0.239 e. The normalized spacial score (nSPS) is 11.3. The van der Waals surface area contributed by atoms with Gasteiger partial charge in [0, 0.05) is 19.2 Å². The van der Waals surface area contributed by atoms with Gasteiger partial charge in [0.1, 0.15) is 24.4 Å². The molecule has 37 heavy (non-hydrogen) atoms. The summed E-state index contributed by atoms with van der Waals surface area (Å²) in [5.41, 5.74) is 4.09. The number of aldehydes is 1. The monoisotopic (exact) mass is 499 g/mol. The highest BCUT2D eigenvalue weighted by atomic mass is 16.5. The molecule has 1 aromatic heterocycles. The van der Waals surface area contributed by atoms with Gasteiger partial charge in [0.2, 0.25) is 5.91 Å². The standard InChI is InChI=1S/C31H37N3O3/c1-3-5-6-20-32-31(36)24-34-23-28(9-4-2)33-30(34)19-12-25-10-13-26(14-11-25)27-15-17-29(18-16-27)37-22-8-7-21-35/h4,9-19,21,23H,3,5-8,20,22,24H2,1-2H3,(H,32,36)/b9-4+,19-12+. The fourth-order valence-corrected chi connectivity index (χ4v) is 3.83. The zero-order chi connectivity index (χ0) is 26.3. The van der Waals surface area contributed by atoms with Gasteiger partial charge in [-0.1, -0.05) is 68.3 Å². The van der Waals surface area contributed by atoms with Crippen LogP contribution < -0.4 is 10.1 Å². The lowest BCUT2D eigenvalue weighted by molar-refractivity contribution is -0.121. The first-order chi connectivity index (χ1) is 18.1. The van der Waals surface area contributed by atoms with Crippen molar-refractivity contribution in [1.29, 1.82) is 0 Å². The van der Waals surface area contributed by atoms with Gasteiger partial charge < -0.3 is 19.4 Å². The Morgan fingerprint density at radius 3 is 2.38 bits per heavy atom. The third kappa shape index (κ3) is 9.22. The molecule has 0 atom stereocenters. The molecular formula is C31H37N3O3. The second-order valence-corrected chi connectivity index (χ2v) is 8.85. The molecule has 3 aromatic rings. The summed E-state index contributed by atoms with van der Waals surface area (Å²) in [6.07, 6.45) is 15.1. The van der Waals surface area contributed by atoms with E-state index in [9.17, 15) is 9.59 Å². The maximum atomic E-state index is 12.4. The summed E-state index contributed by atoms with van der Waals surface area (Å²) in [6.45, 7) is 5.59. The van der Waals surface area contributed by atoms with Crippen LogP contribution in [0.25, 0.3) is 29.4 Å². The first-order valence-electron chi connectivity index (χ1n) is 13.0. The van der Waals surface area contributed by atoms with Gasteiger partial charge in [-0.25, -0.2) is 4.98 Å². The third-order valence-corrected chi connectivity index (χ3v) is 5.84. The molecule has 0 aliphatic heterocycles. The van der Waals surface area contributed by atoms with Crippen molar-refractivity contribution in [3.05, 3.63) is 77.9 Å². The summed E-state index contributed by atoms with van der Waals surface area (Å²) in [4.78, 5) is 27.5. The fourth-order valence-electron chi connectivity index (χ4n) is 3.83. The van der Waals surface area contributed by atoms with Gasteiger partial charge in [-0.3, -0.25) is 4.79 Å². The van der Waals surface area contributed by atoms with E-state index >= 15 is 0 Å².